The molecule has 0 saturated heterocycles. The Labute approximate surface area is 181 Å². The van der Waals surface area contributed by atoms with E-state index in [1.165, 1.54) is 12.1 Å². The van der Waals surface area contributed by atoms with Crippen LogP contribution >= 0.6 is 0 Å². The third kappa shape index (κ3) is 5.63. The van der Waals surface area contributed by atoms with Gasteiger partial charge in [-0.05, 0) is 55.2 Å². The Balaban J connectivity index is 1.83. The first-order valence-corrected chi connectivity index (χ1v) is 10.2. The van der Waals surface area contributed by atoms with Gasteiger partial charge in [-0.25, -0.2) is 14.0 Å². The molecule has 1 aliphatic heterocycles. The average Bonchev–Trinajstić information content (AvgIpc) is 2.72. The SMILES string of the molecule is CC(C)OC(=O)C1=C(C(C)C)NC(=O)NC1c1ccc(OCc2ccc(F)cc2)cc1. The van der Waals surface area contributed by atoms with Crippen LogP contribution < -0.4 is 15.4 Å². The van der Waals surface area contributed by atoms with Crippen molar-refractivity contribution in [3.63, 3.8) is 0 Å². The molecule has 31 heavy (non-hydrogen) atoms. The highest BCUT2D eigenvalue weighted by molar-refractivity contribution is 5.95. The molecular formula is C24H27FN2O4. The van der Waals surface area contributed by atoms with Gasteiger partial charge < -0.3 is 20.1 Å². The van der Waals surface area contributed by atoms with Crippen molar-refractivity contribution in [2.24, 2.45) is 5.92 Å². The van der Waals surface area contributed by atoms with E-state index < -0.39 is 12.0 Å². The molecule has 0 spiro atoms. The second-order valence-electron chi connectivity index (χ2n) is 7.95. The maximum Gasteiger partial charge on any atom is 0.338 e. The molecule has 1 heterocycles. The maximum atomic E-state index is 13.0. The number of hydrogen-bond donors (Lipinski definition) is 2. The predicted octanol–water partition coefficient (Wildman–Crippen LogP) is 4.62. The van der Waals surface area contributed by atoms with Gasteiger partial charge in [-0.1, -0.05) is 38.1 Å². The largest absolute Gasteiger partial charge is 0.489 e. The monoisotopic (exact) mass is 426 g/mol. The zero-order chi connectivity index (χ0) is 22.5. The van der Waals surface area contributed by atoms with E-state index in [9.17, 15) is 14.0 Å². The summed E-state index contributed by atoms with van der Waals surface area (Å²) in [6.07, 6.45) is -0.283. The standard InChI is InChI=1S/C24H27FN2O4/c1-14(2)21-20(23(28)31-15(3)4)22(27-24(29)26-21)17-7-11-19(12-8-17)30-13-16-5-9-18(25)10-6-16/h5-12,14-15,22H,13H2,1-4H3,(H2,26,27,29). The number of urea groups is 1. The molecular weight excluding hydrogens is 399 g/mol. The van der Waals surface area contributed by atoms with E-state index in [2.05, 4.69) is 10.6 Å². The van der Waals surface area contributed by atoms with Gasteiger partial charge in [0.1, 0.15) is 18.2 Å². The summed E-state index contributed by atoms with van der Waals surface area (Å²) in [4.78, 5) is 25.1. The van der Waals surface area contributed by atoms with Crippen LogP contribution in [0.5, 0.6) is 5.75 Å². The second kappa shape index (κ2) is 9.64. The van der Waals surface area contributed by atoms with Crippen molar-refractivity contribution in [1.82, 2.24) is 10.6 Å². The van der Waals surface area contributed by atoms with Gasteiger partial charge >= 0.3 is 12.0 Å². The smallest absolute Gasteiger partial charge is 0.338 e. The van der Waals surface area contributed by atoms with Gasteiger partial charge in [0, 0.05) is 5.70 Å². The number of ether oxygens (including phenoxy) is 2. The Morgan fingerprint density at radius 1 is 1.03 bits per heavy atom. The van der Waals surface area contributed by atoms with Crippen molar-refractivity contribution in [1.29, 1.82) is 0 Å². The lowest BCUT2D eigenvalue weighted by Gasteiger charge is -2.31. The highest BCUT2D eigenvalue weighted by Crippen LogP contribution is 2.31. The Morgan fingerprint density at radius 2 is 1.68 bits per heavy atom. The molecule has 7 heteroatoms. The van der Waals surface area contributed by atoms with Gasteiger partial charge in [-0.3, -0.25) is 0 Å². The van der Waals surface area contributed by atoms with E-state index in [1.807, 2.05) is 13.8 Å². The lowest BCUT2D eigenvalue weighted by Crippen LogP contribution is -2.47. The highest BCUT2D eigenvalue weighted by atomic mass is 19.1. The summed E-state index contributed by atoms with van der Waals surface area (Å²) in [5.74, 6) is -0.208. The minimum absolute atomic E-state index is 0.0680. The van der Waals surface area contributed by atoms with Crippen LogP contribution in [-0.2, 0) is 16.1 Å². The summed E-state index contributed by atoms with van der Waals surface area (Å²) >= 11 is 0. The lowest BCUT2D eigenvalue weighted by molar-refractivity contribution is -0.143. The molecule has 0 saturated carbocycles. The van der Waals surface area contributed by atoms with E-state index >= 15 is 0 Å². The first kappa shape index (κ1) is 22.3. The molecule has 1 unspecified atom stereocenters. The second-order valence-corrected chi connectivity index (χ2v) is 7.95. The predicted molar refractivity (Wildman–Crippen MR) is 115 cm³/mol. The molecule has 6 nitrogen and oxygen atoms in total. The van der Waals surface area contributed by atoms with Crippen LogP contribution in [0.2, 0.25) is 0 Å². The minimum atomic E-state index is -0.636. The number of benzene rings is 2. The summed E-state index contributed by atoms with van der Waals surface area (Å²) in [5, 5.41) is 5.57. The van der Waals surface area contributed by atoms with Crippen LogP contribution in [0.4, 0.5) is 9.18 Å². The van der Waals surface area contributed by atoms with Gasteiger partial charge in [-0.15, -0.1) is 0 Å². The van der Waals surface area contributed by atoms with Gasteiger partial charge in [0.2, 0.25) is 0 Å². The first-order chi connectivity index (χ1) is 14.7. The van der Waals surface area contributed by atoms with Crippen molar-refractivity contribution in [3.05, 3.63) is 76.7 Å². The third-order valence-corrected chi connectivity index (χ3v) is 4.77. The van der Waals surface area contributed by atoms with Crippen LogP contribution in [0, 0.1) is 11.7 Å². The fourth-order valence-corrected chi connectivity index (χ4v) is 3.30. The third-order valence-electron chi connectivity index (χ3n) is 4.77. The fourth-order valence-electron chi connectivity index (χ4n) is 3.30. The van der Waals surface area contributed by atoms with Crippen molar-refractivity contribution >= 4 is 12.0 Å². The number of carbonyl (C=O) groups is 2. The zero-order valence-corrected chi connectivity index (χ0v) is 18.1. The Bertz CT molecular complexity index is 966. The summed E-state index contributed by atoms with van der Waals surface area (Å²) in [5.41, 5.74) is 2.52. The Hall–Kier alpha value is -3.35. The molecule has 2 aromatic rings. The molecule has 2 amide bonds. The summed E-state index contributed by atoms with van der Waals surface area (Å²) in [7, 11) is 0. The average molecular weight is 426 g/mol. The van der Waals surface area contributed by atoms with Crippen molar-refractivity contribution in [3.8, 4) is 5.75 Å². The molecule has 2 aromatic carbocycles. The van der Waals surface area contributed by atoms with Crippen LogP contribution in [0.15, 0.2) is 59.8 Å². The number of nitrogens with one attached hydrogen (secondary N) is 2. The molecule has 0 aromatic heterocycles. The van der Waals surface area contributed by atoms with E-state index in [0.29, 0.717) is 23.6 Å². The summed E-state index contributed by atoms with van der Waals surface area (Å²) < 4.78 is 24.2. The van der Waals surface area contributed by atoms with Crippen LogP contribution in [-0.4, -0.2) is 18.1 Å². The van der Waals surface area contributed by atoms with E-state index in [4.69, 9.17) is 9.47 Å². The van der Waals surface area contributed by atoms with Gasteiger partial charge in [0.05, 0.1) is 17.7 Å². The van der Waals surface area contributed by atoms with Gasteiger partial charge in [-0.2, -0.15) is 0 Å². The van der Waals surface area contributed by atoms with Crippen molar-refractivity contribution in [2.45, 2.75) is 46.4 Å². The van der Waals surface area contributed by atoms with Crippen molar-refractivity contribution in [2.75, 3.05) is 0 Å². The van der Waals surface area contributed by atoms with Crippen LogP contribution in [0.1, 0.15) is 44.9 Å². The number of halogens is 1. The molecule has 0 bridgehead atoms. The molecule has 2 N–H and O–H groups in total. The van der Waals surface area contributed by atoms with Crippen molar-refractivity contribution < 1.29 is 23.5 Å². The molecule has 1 aliphatic rings. The number of esters is 1. The molecule has 164 valence electrons. The van der Waals surface area contributed by atoms with Crippen LogP contribution in [0.3, 0.4) is 0 Å². The summed E-state index contributed by atoms with van der Waals surface area (Å²) in [6, 6.07) is 12.2. The van der Waals surface area contributed by atoms with E-state index in [0.717, 1.165) is 11.1 Å². The van der Waals surface area contributed by atoms with Gasteiger partial charge in [0.25, 0.3) is 0 Å². The normalized spacial score (nSPS) is 16.2. The lowest BCUT2D eigenvalue weighted by atomic mass is 9.91. The van der Waals surface area contributed by atoms with Gasteiger partial charge in [0.15, 0.2) is 0 Å². The maximum absolute atomic E-state index is 13.0. The number of rotatable bonds is 7. The number of hydrogen-bond acceptors (Lipinski definition) is 4. The number of amides is 2. The van der Waals surface area contributed by atoms with E-state index in [1.54, 1.807) is 50.2 Å². The highest BCUT2D eigenvalue weighted by Gasteiger charge is 2.35. The number of allylic oxidation sites excluding steroid dienone is 1. The summed E-state index contributed by atoms with van der Waals surface area (Å²) in [6.45, 7) is 7.68. The minimum Gasteiger partial charge on any atom is -0.489 e. The molecule has 1 atom stereocenters. The molecule has 0 aliphatic carbocycles. The quantitative estimate of drug-likeness (QED) is 0.634. The fraction of sp³-hybridized carbons (Fsp3) is 0.333. The molecule has 0 radical (unpaired) electrons. The van der Waals surface area contributed by atoms with Crippen LogP contribution in [0.25, 0.3) is 0 Å². The molecule has 3 rings (SSSR count). The van der Waals surface area contributed by atoms with E-state index in [-0.39, 0.29) is 23.9 Å². The molecule has 0 fully saturated rings. The zero-order valence-electron chi connectivity index (χ0n) is 18.1. The Kier molecular flexibility index (Phi) is 6.95. The number of carbonyl (C=O) groups excluding carboxylic acids is 2. The Morgan fingerprint density at radius 3 is 2.26 bits per heavy atom. The topological polar surface area (TPSA) is 76.7 Å². The first-order valence-electron chi connectivity index (χ1n) is 10.2.